The van der Waals surface area contributed by atoms with Crippen LogP contribution in [0, 0.1) is 34.5 Å². The van der Waals surface area contributed by atoms with Gasteiger partial charge in [0.1, 0.15) is 18.7 Å². The minimum absolute atomic E-state index is 0.0352. The average Bonchev–Trinajstić information content (AvgIpc) is 4.26. The number of nitrogens with zero attached hydrogens (tertiary/aromatic N) is 4. The molecule has 4 unspecified atom stereocenters. The molecule has 0 aromatic carbocycles. The van der Waals surface area contributed by atoms with Crippen LogP contribution in [0.2, 0.25) is 0 Å². The smallest absolute Gasteiger partial charge is 0.114 e. The molecule has 19 atom stereocenters. The van der Waals surface area contributed by atoms with Gasteiger partial charge in [0.25, 0.3) is 0 Å². The van der Waals surface area contributed by atoms with Crippen molar-refractivity contribution in [2.75, 3.05) is 18.1 Å². The van der Waals surface area contributed by atoms with Gasteiger partial charge in [0.05, 0.1) is 50.1 Å². The molecule has 10 aliphatic heterocycles. The predicted octanol–water partition coefficient (Wildman–Crippen LogP) is 12.6. The molecular formula is C60H84N4O7S2. The summed E-state index contributed by atoms with van der Waals surface area (Å²) in [6.45, 7) is 10.8. The molecule has 0 radical (unpaired) electrons. The zero-order valence-electron chi connectivity index (χ0n) is 44.0. The Morgan fingerprint density at radius 3 is 1.42 bits per heavy atom. The molecule has 14 rings (SSSR count). The molecule has 11 nitrogen and oxygen atoms in total. The quantitative estimate of drug-likeness (QED) is 0.180. The highest BCUT2D eigenvalue weighted by molar-refractivity contribution is 8.01. The van der Waals surface area contributed by atoms with Crippen LogP contribution < -0.4 is 0 Å². The van der Waals surface area contributed by atoms with Crippen molar-refractivity contribution in [3.05, 3.63) is 96.6 Å². The van der Waals surface area contributed by atoms with E-state index in [0.717, 1.165) is 69.5 Å². The van der Waals surface area contributed by atoms with E-state index in [4.69, 9.17) is 17.7 Å². The maximum atomic E-state index is 12.2. The standard InChI is InChI=1S/C30H42N2O4S.C30H42N2O3S/c1-19-3-6-25(22-9-12-36-16-22)32-23(19)7-10-29(28(32)34)17-30(37-18-29)13-26-20(2)4-5-24(21-8-11-35-15-21)31(26)27(33)14-30;1-20-3-5-25(22-8-11-34-15-22)31-18-29(10-7-24(20)31)17-30(36-19-29)13-27-21(2)4-6-26(23-9-12-35-16-23)32(27)28(33)14-30/h8-9,11-12,15-16,19-20,23-28,33-34H,3-7,10,13-14,17-18H2,1-2H3;8-9,11-12,15-16,20-21,24-28,33H,3-7,10,13-14,17-19H2,1-2H3/t19-,20-,23+,24+,25+,26+,27+,28-,29-,30-;20?,21?,24-,25-,26-,27-,28-,29?,30?/m10/s1. The summed E-state index contributed by atoms with van der Waals surface area (Å²) in [6.07, 6.45) is 34.1. The second-order valence-electron chi connectivity index (χ2n) is 26.2. The number of thioether (sulfide) groups is 2. The number of piperidine rings is 8. The molecule has 0 bridgehead atoms. The molecule has 4 spiro atoms. The lowest BCUT2D eigenvalue weighted by Gasteiger charge is -2.58. The third kappa shape index (κ3) is 8.74. The second kappa shape index (κ2) is 19.5. The fraction of sp³-hybridized carbons (Fsp3) is 0.733. The van der Waals surface area contributed by atoms with Crippen LogP contribution in [-0.2, 0) is 0 Å². The van der Waals surface area contributed by atoms with Crippen LogP contribution in [0.1, 0.15) is 190 Å². The fourth-order valence-corrected chi connectivity index (χ4v) is 22.1. The van der Waals surface area contributed by atoms with Crippen molar-refractivity contribution in [3.8, 4) is 0 Å². The number of aliphatic hydroxyl groups is 3. The van der Waals surface area contributed by atoms with Gasteiger partial charge in [-0.15, -0.1) is 0 Å². The lowest BCUT2D eigenvalue weighted by molar-refractivity contribution is -0.185. The van der Waals surface area contributed by atoms with E-state index in [2.05, 4.69) is 95.1 Å². The fourth-order valence-electron chi connectivity index (χ4n) is 18.2. The van der Waals surface area contributed by atoms with Crippen LogP contribution in [0.5, 0.6) is 0 Å². The molecular weight excluding hydrogens is 953 g/mol. The lowest BCUT2D eigenvalue weighted by atomic mass is 9.65. The maximum Gasteiger partial charge on any atom is 0.114 e. The summed E-state index contributed by atoms with van der Waals surface area (Å²) in [5.74, 6) is 4.81. The summed E-state index contributed by atoms with van der Waals surface area (Å²) in [7, 11) is 0. The van der Waals surface area contributed by atoms with Gasteiger partial charge in [-0.1, -0.05) is 27.7 Å². The van der Waals surface area contributed by atoms with Gasteiger partial charge in [-0.3, -0.25) is 19.6 Å². The van der Waals surface area contributed by atoms with Crippen molar-refractivity contribution in [1.82, 2.24) is 19.6 Å². The van der Waals surface area contributed by atoms with Crippen LogP contribution in [0.15, 0.2) is 92.0 Å². The molecule has 14 heterocycles. The van der Waals surface area contributed by atoms with Crippen molar-refractivity contribution in [2.45, 2.75) is 220 Å². The van der Waals surface area contributed by atoms with Crippen LogP contribution in [-0.4, -0.2) is 105 Å². The zero-order chi connectivity index (χ0) is 49.9. The molecule has 398 valence electrons. The Morgan fingerprint density at radius 2 is 0.904 bits per heavy atom. The Morgan fingerprint density at radius 1 is 0.466 bits per heavy atom. The maximum absolute atomic E-state index is 12.2. The molecule has 4 aromatic rings. The third-order valence-electron chi connectivity index (χ3n) is 21.9. The molecule has 10 aliphatic rings. The number of aliphatic hydroxyl groups excluding tert-OH is 3. The van der Waals surface area contributed by atoms with Crippen LogP contribution in [0.4, 0.5) is 0 Å². The Kier molecular flexibility index (Phi) is 13.4. The molecule has 0 saturated carbocycles. The van der Waals surface area contributed by atoms with Crippen molar-refractivity contribution < 1.29 is 33.0 Å². The largest absolute Gasteiger partial charge is 0.472 e. The first kappa shape index (κ1) is 50.1. The summed E-state index contributed by atoms with van der Waals surface area (Å²) in [6, 6.07) is 11.7. The monoisotopic (exact) mass is 1040 g/mol. The van der Waals surface area contributed by atoms with E-state index in [-0.39, 0.29) is 33.2 Å². The third-order valence-corrected chi connectivity index (χ3v) is 25.6. The minimum Gasteiger partial charge on any atom is -0.472 e. The van der Waals surface area contributed by atoms with Crippen LogP contribution >= 0.6 is 23.5 Å². The minimum atomic E-state index is -0.453. The highest BCUT2D eigenvalue weighted by Crippen LogP contribution is 2.65. The molecule has 73 heavy (non-hydrogen) atoms. The normalized spacial score (nSPS) is 46.3. The number of hydrogen-bond acceptors (Lipinski definition) is 13. The van der Waals surface area contributed by atoms with Gasteiger partial charge < -0.3 is 33.0 Å². The average molecular weight is 1040 g/mol. The zero-order valence-corrected chi connectivity index (χ0v) is 45.7. The van der Waals surface area contributed by atoms with E-state index >= 15 is 0 Å². The van der Waals surface area contributed by atoms with E-state index in [1.165, 1.54) is 92.3 Å². The summed E-state index contributed by atoms with van der Waals surface area (Å²) < 4.78 is 22.1. The van der Waals surface area contributed by atoms with E-state index in [1.54, 1.807) is 18.8 Å². The number of furan rings is 4. The molecule has 4 aromatic heterocycles. The van der Waals surface area contributed by atoms with Gasteiger partial charge >= 0.3 is 0 Å². The highest BCUT2D eigenvalue weighted by atomic mass is 32.2. The van der Waals surface area contributed by atoms with Gasteiger partial charge in [-0.2, -0.15) is 23.5 Å². The molecule has 0 aliphatic carbocycles. The van der Waals surface area contributed by atoms with Crippen molar-refractivity contribution in [1.29, 1.82) is 0 Å². The van der Waals surface area contributed by atoms with E-state index in [9.17, 15) is 15.3 Å². The summed E-state index contributed by atoms with van der Waals surface area (Å²) >= 11 is 4.28. The van der Waals surface area contributed by atoms with Crippen LogP contribution in [0.3, 0.4) is 0 Å². The summed E-state index contributed by atoms with van der Waals surface area (Å²) in [5, 5.41) is 35.5. The molecule has 13 heteroatoms. The highest BCUT2D eigenvalue weighted by Gasteiger charge is 2.63. The molecule has 0 amide bonds. The van der Waals surface area contributed by atoms with Gasteiger partial charge in [-0.25, -0.2) is 0 Å². The molecule has 3 N–H and O–H groups in total. The second-order valence-corrected chi connectivity index (χ2v) is 29.1. The Hall–Kier alpha value is -2.46. The van der Waals surface area contributed by atoms with Crippen molar-refractivity contribution in [3.63, 3.8) is 0 Å². The first-order chi connectivity index (χ1) is 35.4. The Bertz CT molecular complexity index is 2460. The number of fused-ring (bicyclic) bond motifs is 4. The van der Waals surface area contributed by atoms with Crippen LogP contribution in [0.25, 0.3) is 0 Å². The predicted molar refractivity (Wildman–Crippen MR) is 286 cm³/mol. The molecule has 10 saturated heterocycles. The van der Waals surface area contributed by atoms with E-state index in [0.29, 0.717) is 59.4 Å². The first-order valence-electron chi connectivity index (χ1n) is 28.8. The molecule has 10 fully saturated rings. The van der Waals surface area contributed by atoms with Crippen molar-refractivity contribution in [2.24, 2.45) is 34.5 Å². The Labute approximate surface area is 442 Å². The van der Waals surface area contributed by atoms with Gasteiger partial charge in [-0.05, 0) is 156 Å². The Balaban J connectivity index is 0.000000141. The van der Waals surface area contributed by atoms with Gasteiger partial charge in [0.2, 0.25) is 0 Å². The van der Waals surface area contributed by atoms with Gasteiger partial charge in [0, 0.05) is 116 Å². The SMILES string of the molecule is CC1CC[C@@H](c2ccoc2)N2CC3(CC[C@@H]12)CSC1(C[C@H](O)N2[C@H](c4ccoc4)CCC(C)[C@@H]2C1)C3.C[C@@H]1CC[C@@H](c2ccoc2)N2[C@@H](O)C[C@]3(C[C@@H]12)C[C@]1(CC[C@H]2[C@H](C)CC[C@@H](c4ccoc4)N2[C@@H]1O)CS3. The lowest BCUT2D eigenvalue weighted by Crippen LogP contribution is -2.62. The van der Waals surface area contributed by atoms with Crippen molar-refractivity contribution >= 4 is 23.5 Å². The topological polar surface area (TPSA) is 126 Å². The number of hydrogen-bond donors (Lipinski definition) is 3. The summed E-state index contributed by atoms with van der Waals surface area (Å²) in [4.78, 5) is 10.2. The number of rotatable bonds is 4. The van der Waals surface area contributed by atoms with Gasteiger partial charge in [0.15, 0.2) is 0 Å². The summed E-state index contributed by atoms with van der Waals surface area (Å²) in [5.41, 5.74) is 5.28. The van der Waals surface area contributed by atoms with E-state index in [1.807, 2.05) is 31.3 Å². The van der Waals surface area contributed by atoms with E-state index < -0.39 is 12.5 Å². The first-order valence-corrected chi connectivity index (χ1v) is 30.8.